The van der Waals surface area contributed by atoms with E-state index in [9.17, 15) is 24.6 Å². The fourth-order valence-electron chi connectivity index (χ4n) is 19.3. The lowest BCUT2D eigenvalue weighted by Gasteiger charge is -2.25. The van der Waals surface area contributed by atoms with Crippen molar-refractivity contribution in [3.63, 3.8) is 0 Å². The Bertz CT molecular complexity index is 4230. The minimum atomic E-state index is -0.373. The van der Waals surface area contributed by atoms with Crippen molar-refractivity contribution in [2.75, 3.05) is 28.2 Å². The van der Waals surface area contributed by atoms with Gasteiger partial charge in [-0.1, -0.05) is 159 Å². The first-order valence-electron chi connectivity index (χ1n) is 40.7. The number of aryl methyl sites for hydroxylation is 4. The van der Waals surface area contributed by atoms with Crippen LogP contribution < -0.4 is 5.32 Å². The molecule has 3 N–H and O–H groups in total. The lowest BCUT2D eigenvalue weighted by Crippen LogP contribution is -2.30. The van der Waals surface area contributed by atoms with Crippen LogP contribution in [0.15, 0.2) is 237 Å². The zero-order valence-corrected chi connectivity index (χ0v) is 64.9. The maximum Gasteiger partial charge on any atom is 0.254 e. The van der Waals surface area contributed by atoms with Gasteiger partial charge in [-0.05, 0) is 293 Å². The standard InChI is InChI=1S/C30H34N2O.2C29H32N2O2.C9H12N2/c1-21(24-7-4-3-5-8-24)26-15-12-23(20-26)19-22-10-13-25(14-11-22)30(33)32(2)29-17-16-28-27(29)9-6-18-31-28;2*1-31(27-16-15-26-25(27)8-5-17-30-26)29(33)23-12-9-20(10-13-23)18-21-11-14-24(19-21)28(32)22-6-3-2-4-7-22;1-10-8-4-5-9-7(8)3-2-6-11-9/h3-11,13-14,18,21,23,26,29H,12,15-17,19-20H2,1-2H3;2*2-10,12-13,17,21,24,27-28,32H,11,14-16,18-19H2,1H3;2-3,6,8,10H,4-5H2,1H3/t21-,23?,26+,29?;21?,24-,27?,28+;21-,24-,27?,28+;/m100./s1. The van der Waals surface area contributed by atoms with E-state index < -0.39 is 0 Å². The summed E-state index contributed by atoms with van der Waals surface area (Å²) in [5, 5.41) is 24.8. The molecule has 10 aromatic rings. The monoisotopic (exact) mass is 1470 g/mol. The van der Waals surface area contributed by atoms with Crippen molar-refractivity contribution in [3.8, 4) is 0 Å². The molecule has 4 aromatic heterocycles. The Morgan fingerprint density at radius 3 is 1.01 bits per heavy atom. The number of hydrogen-bond donors (Lipinski definition) is 3. The number of nitrogens with one attached hydrogen (secondary N) is 1. The van der Waals surface area contributed by atoms with E-state index in [1.54, 1.807) is 0 Å². The molecule has 568 valence electrons. The minimum absolute atomic E-state index is 0.0650. The largest absolute Gasteiger partial charge is 0.388 e. The number of nitrogens with zero attached hydrogens (tertiary/aromatic N) is 7. The zero-order chi connectivity index (χ0) is 76.0. The zero-order valence-electron chi connectivity index (χ0n) is 64.9. The molecule has 6 unspecified atom stereocenters. The number of amides is 3. The molecule has 3 saturated carbocycles. The molecule has 0 saturated heterocycles. The highest BCUT2D eigenvalue weighted by molar-refractivity contribution is 5.95. The van der Waals surface area contributed by atoms with E-state index in [1.807, 2.05) is 189 Å². The maximum atomic E-state index is 13.2. The molecule has 13 nitrogen and oxygen atoms in total. The van der Waals surface area contributed by atoms with E-state index in [4.69, 9.17) is 0 Å². The molecular formula is C97H110N8O5. The molecule has 3 fully saturated rings. The smallest absolute Gasteiger partial charge is 0.254 e. The van der Waals surface area contributed by atoms with Crippen molar-refractivity contribution in [1.82, 2.24) is 40.0 Å². The number of benzene rings is 6. The van der Waals surface area contributed by atoms with Crippen LogP contribution in [0.3, 0.4) is 0 Å². The molecule has 0 bridgehead atoms. The number of aliphatic hydroxyl groups is 2. The first-order valence-corrected chi connectivity index (χ1v) is 40.7. The van der Waals surface area contributed by atoms with Crippen LogP contribution in [-0.2, 0) is 44.9 Å². The SMILES string of the molecule is CN(C(=O)c1ccc(CC2CC[C@H]([C@H](O)c3ccccc3)C2)cc1)C1CCc2ncccc21.CN(C(=O)c1ccc(C[C@@H]2CC[C@H]([C@H](O)c3ccccc3)C2)cc1)C1CCc2ncccc21.CNC1CCc2ncccc21.C[C@H](c1ccccc1)[C@H]1CCC(Cc2ccc(C(=O)N(C)C3CCc4ncccc43)cc2)C1. The predicted molar refractivity (Wildman–Crippen MR) is 437 cm³/mol. The van der Waals surface area contributed by atoms with Gasteiger partial charge in [0.15, 0.2) is 0 Å². The van der Waals surface area contributed by atoms with Crippen molar-refractivity contribution < 1.29 is 24.6 Å². The number of hydrogen-bond acceptors (Lipinski definition) is 10. The van der Waals surface area contributed by atoms with Gasteiger partial charge < -0.3 is 30.2 Å². The Morgan fingerprint density at radius 1 is 0.364 bits per heavy atom. The van der Waals surface area contributed by atoms with Crippen LogP contribution in [0.5, 0.6) is 0 Å². The molecule has 3 amide bonds. The quantitative estimate of drug-likeness (QED) is 0.0710. The van der Waals surface area contributed by atoms with E-state index in [-0.39, 0.29) is 48.1 Å². The van der Waals surface area contributed by atoms with Gasteiger partial charge in [-0.2, -0.15) is 0 Å². The molecule has 7 aliphatic carbocycles. The summed E-state index contributed by atoms with van der Waals surface area (Å²) in [7, 11) is 7.74. The summed E-state index contributed by atoms with van der Waals surface area (Å²) in [6.45, 7) is 2.39. The summed E-state index contributed by atoms with van der Waals surface area (Å²) < 4.78 is 0. The second kappa shape index (κ2) is 36.4. The van der Waals surface area contributed by atoms with Crippen LogP contribution in [0.25, 0.3) is 0 Å². The van der Waals surface area contributed by atoms with Crippen molar-refractivity contribution in [2.24, 2.45) is 35.5 Å². The van der Waals surface area contributed by atoms with Gasteiger partial charge in [0.25, 0.3) is 17.7 Å². The van der Waals surface area contributed by atoms with Gasteiger partial charge in [0.2, 0.25) is 0 Å². The molecule has 17 rings (SSSR count). The van der Waals surface area contributed by atoms with Gasteiger partial charge in [-0.25, -0.2) is 0 Å². The summed E-state index contributed by atoms with van der Waals surface area (Å²) in [4.78, 5) is 62.8. The van der Waals surface area contributed by atoms with Crippen molar-refractivity contribution in [2.45, 2.75) is 178 Å². The molecule has 7 aliphatic rings. The average molecular weight is 1470 g/mol. The number of carbonyl (C=O) groups is 3. The summed E-state index contributed by atoms with van der Waals surface area (Å²) in [5.74, 6) is 4.20. The molecule has 13 heteroatoms. The van der Waals surface area contributed by atoms with Crippen LogP contribution in [0.2, 0.25) is 0 Å². The number of aromatic nitrogens is 4. The van der Waals surface area contributed by atoms with E-state index in [2.05, 4.69) is 123 Å². The van der Waals surface area contributed by atoms with E-state index in [0.29, 0.717) is 35.6 Å². The highest BCUT2D eigenvalue weighted by Gasteiger charge is 2.37. The van der Waals surface area contributed by atoms with E-state index in [0.717, 1.165) is 159 Å². The molecule has 13 atom stereocenters. The Morgan fingerprint density at radius 2 is 0.664 bits per heavy atom. The molecule has 0 spiro atoms. The van der Waals surface area contributed by atoms with Gasteiger partial charge in [0, 0.05) is 91.4 Å². The fraction of sp³-hybridized carbons (Fsp3) is 0.392. The fourth-order valence-corrected chi connectivity index (χ4v) is 19.3. The Balaban J connectivity index is 0.000000128. The molecular weight excluding hydrogens is 1360 g/mol. The van der Waals surface area contributed by atoms with Crippen LogP contribution in [-0.4, -0.2) is 90.8 Å². The average Bonchev–Trinajstić information content (AvgIpc) is 1.67. The van der Waals surface area contributed by atoms with E-state index in [1.165, 1.54) is 75.9 Å². The molecule has 110 heavy (non-hydrogen) atoms. The lowest BCUT2D eigenvalue weighted by atomic mass is 9.85. The lowest BCUT2D eigenvalue weighted by molar-refractivity contribution is 0.0723. The topological polar surface area (TPSA) is 165 Å². The van der Waals surface area contributed by atoms with Crippen LogP contribution in [0.1, 0.15) is 242 Å². The summed E-state index contributed by atoms with van der Waals surface area (Å²) in [6, 6.07) is 72.9. The van der Waals surface area contributed by atoms with Gasteiger partial charge in [-0.3, -0.25) is 34.3 Å². The summed E-state index contributed by atoms with van der Waals surface area (Å²) >= 11 is 0. The first kappa shape index (κ1) is 77.0. The number of fused-ring (bicyclic) bond motifs is 4. The van der Waals surface area contributed by atoms with Crippen LogP contribution in [0.4, 0.5) is 0 Å². The highest BCUT2D eigenvalue weighted by Crippen LogP contribution is 2.45. The van der Waals surface area contributed by atoms with Crippen molar-refractivity contribution in [3.05, 3.63) is 332 Å². The second-order valence-corrected chi connectivity index (χ2v) is 32.4. The summed E-state index contributed by atoms with van der Waals surface area (Å²) in [6.07, 6.45) is 28.2. The molecule has 6 aromatic carbocycles. The molecule has 0 radical (unpaired) electrons. The minimum Gasteiger partial charge on any atom is -0.388 e. The Kier molecular flexibility index (Phi) is 25.4. The first-order chi connectivity index (χ1) is 53.7. The van der Waals surface area contributed by atoms with Gasteiger partial charge >= 0.3 is 0 Å². The van der Waals surface area contributed by atoms with Crippen LogP contribution >= 0.6 is 0 Å². The second-order valence-electron chi connectivity index (χ2n) is 32.4. The van der Waals surface area contributed by atoms with Crippen LogP contribution in [0, 0.1) is 35.5 Å². The molecule has 4 heterocycles. The van der Waals surface area contributed by atoms with Crippen molar-refractivity contribution >= 4 is 17.7 Å². The number of rotatable bonds is 19. The van der Waals surface area contributed by atoms with Gasteiger partial charge in [0.1, 0.15) is 0 Å². The van der Waals surface area contributed by atoms with E-state index >= 15 is 0 Å². The maximum absolute atomic E-state index is 13.2. The highest BCUT2D eigenvalue weighted by atomic mass is 16.3. The third kappa shape index (κ3) is 18.3. The summed E-state index contributed by atoms with van der Waals surface area (Å²) in [5.41, 5.74) is 19.2. The predicted octanol–water partition coefficient (Wildman–Crippen LogP) is 19.0. The Hall–Kier alpha value is -9.79. The number of pyridine rings is 4. The number of aliphatic hydroxyl groups excluding tert-OH is 2. The van der Waals surface area contributed by atoms with Gasteiger partial charge in [0.05, 0.1) is 30.3 Å². The Labute approximate surface area is 652 Å². The van der Waals surface area contributed by atoms with Gasteiger partial charge in [-0.15, -0.1) is 0 Å². The molecule has 0 aliphatic heterocycles. The third-order valence-corrected chi connectivity index (χ3v) is 25.6. The number of carbonyl (C=O) groups excluding carboxylic acids is 3. The third-order valence-electron chi connectivity index (χ3n) is 25.6. The van der Waals surface area contributed by atoms with Crippen molar-refractivity contribution in [1.29, 1.82) is 0 Å². The normalized spacial score (nSPS) is 22.6.